The van der Waals surface area contributed by atoms with E-state index in [2.05, 4.69) is 38.8 Å². The third kappa shape index (κ3) is 3.91. The number of rotatable bonds is 4. The van der Waals surface area contributed by atoms with E-state index >= 15 is 0 Å². The van der Waals surface area contributed by atoms with Gasteiger partial charge in [0.05, 0.1) is 33.8 Å². The van der Waals surface area contributed by atoms with Gasteiger partial charge in [0.25, 0.3) is 0 Å². The number of halogens is 2. The van der Waals surface area contributed by atoms with Crippen LogP contribution in [0.1, 0.15) is 39.8 Å². The summed E-state index contributed by atoms with van der Waals surface area (Å²) < 4.78 is 15.2. The molecule has 26 heavy (non-hydrogen) atoms. The highest BCUT2D eigenvalue weighted by molar-refractivity contribution is 7.71. The molecule has 0 bridgehead atoms. The Morgan fingerprint density at radius 3 is 2.58 bits per heavy atom. The van der Waals surface area contributed by atoms with Gasteiger partial charge in [0.15, 0.2) is 13.1 Å². The van der Waals surface area contributed by atoms with Gasteiger partial charge in [-0.3, -0.25) is 4.57 Å². The Labute approximate surface area is 170 Å². The van der Waals surface area contributed by atoms with E-state index in [-0.39, 0.29) is 17.4 Å². The lowest BCUT2D eigenvalue weighted by atomic mass is 10.2. The number of nitrogens with one attached hydrogen (secondary N) is 1. The smallest absolute Gasteiger partial charge is 0.192 e. The van der Waals surface area contributed by atoms with Crippen molar-refractivity contribution in [2.24, 2.45) is 0 Å². The van der Waals surface area contributed by atoms with Crippen LogP contribution in [-0.4, -0.2) is 30.6 Å². The molecule has 1 saturated heterocycles. The average Bonchev–Trinajstić information content (AvgIpc) is 3.08. The van der Waals surface area contributed by atoms with E-state index in [0.717, 1.165) is 23.9 Å². The minimum absolute atomic E-state index is 0.0868. The fraction of sp³-hybridized carbons (Fsp3) is 0.611. The van der Waals surface area contributed by atoms with Crippen LogP contribution in [0.25, 0.3) is 11.0 Å². The van der Waals surface area contributed by atoms with Crippen LogP contribution in [0, 0.1) is 4.77 Å². The van der Waals surface area contributed by atoms with Crippen LogP contribution in [0.4, 0.5) is 0 Å². The number of hydrogen-bond donors (Lipinski definition) is 1. The molecule has 1 N–H and O–H groups in total. The Hall–Kier alpha value is -0.373. The molecule has 0 spiro atoms. The summed E-state index contributed by atoms with van der Waals surface area (Å²) in [5.74, 6) is 0. The molecule has 2 heterocycles. The number of imidazole rings is 1. The van der Waals surface area contributed by atoms with E-state index in [1.54, 1.807) is 6.07 Å². The third-order valence-corrected chi connectivity index (χ3v) is 11.1. The highest BCUT2D eigenvalue weighted by Gasteiger charge is 2.38. The first-order chi connectivity index (χ1) is 12.0. The predicted molar refractivity (Wildman–Crippen MR) is 113 cm³/mol. The van der Waals surface area contributed by atoms with Gasteiger partial charge in [-0.25, -0.2) is 0 Å². The third-order valence-electron chi connectivity index (χ3n) is 5.57. The summed E-state index contributed by atoms with van der Waals surface area (Å²) in [6, 6.07) is 3.65. The van der Waals surface area contributed by atoms with Crippen molar-refractivity contribution in [2.75, 3.05) is 6.61 Å². The second-order valence-corrected chi connectivity index (χ2v) is 14.5. The van der Waals surface area contributed by atoms with Crippen LogP contribution >= 0.6 is 35.4 Å². The molecule has 4 nitrogen and oxygen atoms in total. The number of aromatic nitrogens is 2. The number of aromatic amines is 1. The SMILES string of the molecule is CC(C)(C)[Si](C)(C)OC[C@@H]1CCC(n2c(=S)[nH]c3cc(Cl)c(Cl)cc32)O1. The first-order valence-corrected chi connectivity index (χ1v) is 13.0. The molecule has 1 aliphatic rings. The second kappa shape index (κ2) is 7.22. The maximum Gasteiger partial charge on any atom is 0.192 e. The molecule has 2 aromatic rings. The Morgan fingerprint density at radius 1 is 1.27 bits per heavy atom. The van der Waals surface area contributed by atoms with Crippen LogP contribution in [0.5, 0.6) is 0 Å². The molecule has 2 atom stereocenters. The van der Waals surface area contributed by atoms with Crippen molar-refractivity contribution in [2.45, 2.75) is 64.1 Å². The second-order valence-electron chi connectivity index (χ2n) is 8.45. The zero-order chi connectivity index (χ0) is 19.3. The molecular formula is C18H26Cl2N2O2SSi. The molecule has 144 valence electrons. The first-order valence-electron chi connectivity index (χ1n) is 8.88. The fourth-order valence-corrected chi connectivity index (χ4v) is 4.61. The van der Waals surface area contributed by atoms with Crippen molar-refractivity contribution in [1.29, 1.82) is 0 Å². The average molecular weight is 433 g/mol. The van der Waals surface area contributed by atoms with E-state index in [4.69, 9.17) is 44.6 Å². The monoisotopic (exact) mass is 432 g/mol. The number of nitrogens with zero attached hydrogens (tertiary/aromatic N) is 1. The Bertz CT molecular complexity index is 872. The topological polar surface area (TPSA) is 39.2 Å². The summed E-state index contributed by atoms with van der Waals surface area (Å²) in [6.07, 6.45) is 1.83. The van der Waals surface area contributed by atoms with E-state index in [1.807, 2.05) is 10.6 Å². The van der Waals surface area contributed by atoms with Crippen molar-refractivity contribution < 1.29 is 9.16 Å². The van der Waals surface area contributed by atoms with Gasteiger partial charge in [-0.05, 0) is 55.3 Å². The molecule has 3 rings (SSSR count). The molecule has 1 aromatic heterocycles. The van der Waals surface area contributed by atoms with Crippen LogP contribution < -0.4 is 0 Å². The van der Waals surface area contributed by atoms with Gasteiger partial charge in [0, 0.05) is 0 Å². The first kappa shape index (κ1) is 20.4. The molecule has 0 saturated carbocycles. The van der Waals surface area contributed by atoms with Crippen molar-refractivity contribution in [3.05, 3.63) is 26.9 Å². The Balaban J connectivity index is 1.75. The van der Waals surface area contributed by atoms with Gasteiger partial charge < -0.3 is 14.1 Å². The maximum absolute atomic E-state index is 6.33. The zero-order valence-electron chi connectivity index (χ0n) is 15.9. The predicted octanol–water partition coefficient (Wildman–Crippen LogP) is 6.71. The van der Waals surface area contributed by atoms with Crippen LogP contribution in [0.2, 0.25) is 28.2 Å². The normalized spacial score (nSPS) is 21.7. The molecule has 0 radical (unpaired) electrons. The summed E-state index contributed by atoms with van der Waals surface area (Å²) in [5, 5.41) is 1.22. The summed E-state index contributed by atoms with van der Waals surface area (Å²) >= 11 is 17.8. The largest absolute Gasteiger partial charge is 0.414 e. The van der Waals surface area contributed by atoms with Gasteiger partial charge in [0.2, 0.25) is 0 Å². The minimum atomic E-state index is -1.77. The zero-order valence-corrected chi connectivity index (χ0v) is 19.2. The summed E-state index contributed by atoms with van der Waals surface area (Å²) in [7, 11) is -1.77. The maximum atomic E-state index is 6.33. The van der Waals surface area contributed by atoms with Crippen molar-refractivity contribution in [3.63, 3.8) is 0 Å². The standard InChI is InChI=1S/C18H26Cl2N2O2SSi/c1-18(2,3)26(4,5)23-10-11-6-7-16(24-11)22-15-9-13(20)12(19)8-14(15)21-17(22)25/h8-9,11,16H,6-7,10H2,1-5H3,(H,21,25)/t11-,16?/m0/s1. The van der Waals surface area contributed by atoms with E-state index in [9.17, 15) is 0 Å². The van der Waals surface area contributed by atoms with Crippen LogP contribution in [-0.2, 0) is 9.16 Å². The quantitative estimate of drug-likeness (QED) is 0.430. The van der Waals surface area contributed by atoms with Gasteiger partial charge in [-0.15, -0.1) is 0 Å². The van der Waals surface area contributed by atoms with Gasteiger partial charge >= 0.3 is 0 Å². The minimum Gasteiger partial charge on any atom is -0.414 e. The number of hydrogen-bond acceptors (Lipinski definition) is 3. The van der Waals surface area contributed by atoms with E-state index < -0.39 is 8.32 Å². The molecular weight excluding hydrogens is 407 g/mol. The highest BCUT2D eigenvalue weighted by atomic mass is 35.5. The number of fused-ring (bicyclic) bond motifs is 1. The van der Waals surface area contributed by atoms with Crippen molar-refractivity contribution >= 4 is 54.8 Å². The summed E-state index contributed by atoms with van der Waals surface area (Å²) in [6.45, 7) is 11.9. The van der Waals surface area contributed by atoms with E-state index in [1.165, 1.54) is 0 Å². The fourth-order valence-electron chi connectivity index (χ4n) is 2.92. The molecule has 1 aliphatic heterocycles. The Morgan fingerprint density at radius 2 is 1.92 bits per heavy atom. The molecule has 0 amide bonds. The molecule has 0 aliphatic carbocycles. The van der Waals surface area contributed by atoms with Crippen LogP contribution in [0.3, 0.4) is 0 Å². The number of benzene rings is 1. The Kier molecular flexibility index (Phi) is 5.66. The highest BCUT2D eigenvalue weighted by Crippen LogP contribution is 2.38. The van der Waals surface area contributed by atoms with Crippen LogP contribution in [0.15, 0.2) is 12.1 Å². The number of H-pyrrole nitrogens is 1. The lowest BCUT2D eigenvalue weighted by molar-refractivity contribution is -0.0185. The lowest BCUT2D eigenvalue weighted by Gasteiger charge is -2.36. The number of ether oxygens (including phenoxy) is 1. The summed E-state index contributed by atoms with van der Waals surface area (Å²) in [5.41, 5.74) is 1.79. The molecule has 1 aromatic carbocycles. The molecule has 1 unspecified atom stereocenters. The molecule has 8 heteroatoms. The van der Waals surface area contributed by atoms with Crippen molar-refractivity contribution in [1.82, 2.24) is 9.55 Å². The van der Waals surface area contributed by atoms with Gasteiger partial charge in [-0.2, -0.15) is 0 Å². The van der Waals surface area contributed by atoms with Gasteiger partial charge in [-0.1, -0.05) is 44.0 Å². The lowest BCUT2D eigenvalue weighted by Crippen LogP contribution is -2.42. The van der Waals surface area contributed by atoms with Crippen molar-refractivity contribution in [3.8, 4) is 0 Å². The van der Waals surface area contributed by atoms with Gasteiger partial charge in [0.1, 0.15) is 6.23 Å². The van der Waals surface area contributed by atoms with E-state index in [0.29, 0.717) is 21.4 Å². The molecule has 1 fully saturated rings. The summed E-state index contributed by atoms with van der Waals surface area (Å²) in [4.78, 5) is 3.19.